The van der Waals surface area contributed by atoms with Gasteiger partial charge in [-0.05, 0) is 36.8 Å². The van der Waals surface area contributed by atoms with Crippen molar-refractivity contribution in [2.75, 3.05) is 31.6 Å². The van der Waals surface area contributed by atoms with E-state index in [9.17, 15) is 0 Å². The molecule has 1 spiro atoms. The van der Waals surface area contributed by atoms with E-state index in [1.807, 2.05) is 25.1 Å². The molecule has 0 radical (unpaired) electrons. The first-order chi connectivity index (χ1) is 10.1. The van der Waals surface area contributed by atoms with Crippen LogP contribution < -0.4 is 5.32 Å². The first kappa shape index (κ1) is 15.0. The quantitative estimate of drug-likeness (QED) is 0.802. The van der Waals surface area contributed by atoms with E-state index in [2.05, 4.69) is 10.2 Å². The molecule has 2 aliphatic heterocycles. The van der Waals surface area contributed by atoms with E-state index in [0.717, 1.165) is 47.3 Å². The zero-order chi connectivity index (χ0) is 14.9. The zero-order valence-corrected chi connectivity index (χ0v) is 13.6. The van der Waals surface area contributed by atoms with Crippen LogP contribution in [0.4, 0.5) is 5.69 Å². The van der Waals surface area contributed by atoms with Crippen LogP contribution in [0.5, 0.6) is 0 Å². The molecule has 4 nitrogen and oxygen atoms in total. The van der Waals surface area contributed by atoms with E-state index in [1.54, 1.807) is 0 Å². The molecule has 0 atom stereocenters. The predicted molar refractivity (Wildman–Crippen MR) is 87.9 cm³/mol. The van der Waals surface area contributed by atoms with Gasteiger partial charge in [-0.15, -0.1) is 0 Å². The van der Waals surface area contributed by atoms with Crippen LogP contribution in [0.2, 0.25) is 5.02 Å². The molecule has 3 rings (SSSR count). The fraction of sp³-hybridized carbons (Fsp3) is 0.533. The molecule has 0 saturated carbocycles. The summed E-state index contributed by atoms with van der Waals surface area (Å²) in [6.07, 6.45) is 1.70. The molecule has 0 bridgehead atoms. The number of ether oxygens (including phenoxy) is 2. The molecule has 2 heterocycles. The lowest BCUT2D eigenvalue weighted by atomic mass is 10.0. The van der Waals surface area contributed by atoms with Crippen molar-refractivity contribution in [2.45, 2.75) is 25.6 Å². The van der Waals surface area contributed by atoms with Gasteiger partial charge in [0.2, 0.25) is 0 Å². The lowest BCUT2D eigenvalue weighted by Gasteiger charge is -2.38. The minimum Gasteiger partial charge on any atom is -0.349 e. The van der Waals surface area contributed by atoms with Crippen molar-refractivity contribution < 1.29 is 9.47 Å². The van der Waals surface area contributed by atoms with Crippen molar-refractivity contribution in [1.82, 2.24) is 4.90 Å². The third-order valence-electron chi connectivity index (χ3n) is 4.14. The summed E-state index contributed by atoms with van der Waals surface area (Å²) in [5.74, 6) is -0.363. The molecule has 1 aromatic carbocycles. The summed E-state index contributed by atoms with van der Waals surface area (Å²) in [6, 6.07) is 5.79. The summed E-state index contributed by atoms with van der Waals surface area (Å²) >= 11 is 11.6. The minimum absolute atomic E-state index is 0.363. The summed E-state index contributed by atoms with van der Waals surface area (Å²) in [6.45, 7) is 5.06. The maximum atomic E-state index is 6.14. The smallest absolute Gasteiger partial charge is 0.173 e. The van der Waals surface area contributed by atoms with Gasteiger partial charge >= 0.3 is 0 Å². The SMILES string of the molecule is Cc1c(Cl)cccc1NC(=S)N1CCC2(CC1)OCCO2. The Bertz CT molecular complexity index is 536. The average Bonchev–Trinajstić information content (AvgIpc) is 2.93. The van der Waals surface area contributed by atoms with Crippen LogP contribution in [-0.4, -0.2) is 42.1 Å². The molecular weight excluding hydrogens is 308 g/mol. The van der Waals surface area contributed by atoms with Gasteiger partial charge in [0.1, 0.15) is 0 Å². The van der Waals surface area contributed by atoms with Gasteiger partial charge in [-0.3, -0.25) is 0 Å². The summed E-state index contributed by atoms with van der Waals surface area (Å²) in [5, 5.41) is 4.76. The van der Waals surface area contributed by atoms with Crippen LogP contribution in [-0.2, 0) is 9.47 Å². The number of benzene rings is 1. The second kappa shape index (κ2) is 6.08. The molecule has 1 N–H and O–H groups in total. The largest absolute Gasteiger partial charge is 0.349 e. The molecule has 0 unspecified atom stereocenters. The van der Waals surface area contributed by atoms with E-state index in [0.29, 0.717) is 13.2 Å². The highest BCUT2D eigenvalue weighted by Gasteiger charge is 2.40. The minimum atomic E-state index is -0.363. The summed E-state index contributed by atoms with van der Waals surface area (Å²) in [4.78, 5) is 2.16. The van der Waals surface area contributed by atoms with Crippen LogP contribution in [0.1, 0.15) is 18.4 Å². The molecule has 0 aromatic heterocycles. The maximum Gasteiger partial charge on any atom is 0.173 e. The topological polar surface area (TPSA) is 33.7 Å². The third-order valence-corrected chi connectivity index (χ3v) is 4.91. The molecule has 2 fully saturated rings. The van der Waals surface area contributed by atoms with Gasteiger partial charge in [0.15, 0.2) is 10.9 Å². The molecule has 2 aliphatic rings. The number of hydrogen-bond donors (Lipinski definition) is 1. The summed E-state index contributed by atoms with van der Waals surface area (Å²) < 4.78 is 11.5. The van der Waals surface area contributed by atoms with Crippen LogP contribution in [0.25, 0.3) is 0 Å². The van der Waals surface area contributed by atoms with Gasteiger partial charge in [0, 0.05) is 36.6 Å². The number of thiocarbonyl (C=S) groups is 1. The Morgan fingerprint density at radius 3 is 2.62 bits per heavy atom. The molecule has 21 heavy (non-hydrogen) atoms. The van der Waals surface area contributed by atoms with E-state index < -0.39 is 0 Å². The number of likely N-dealkylation sites (tertiary alicyclic amines) is 1. The van der Waals surface area contributed by atoms with Crippen LogP contribution in [0.3, 0.4) is 0 Å². The van der Waals surface area contributed by atoms with Gasteiger partial charge in [-0.25, -0.2) is 0 Å². The second-order valence-electron chi connectivity index (χ2n) is 5.44. The highest BCUT2D eigenvalue weighted by atomic mass is 35.5. The molecule has 1 aromatic rings. The Labute approximate surface area is 135 Å². The Balaban J connectivity index is 1.60. The van der Waals surface area contributed by atoms with Crippen molar-refractivity contribution >= 4 is 34.6 Å². The van der Waals surface area contributed by atoms with Gasteiger partial charge in [0.05, 0.1) is 13.2 Å². The normalized spacial score (nSPS) is 20.8. The van der Waals surface area contributed by atoms with Gasteiger partial charge in [-0.2, -0.15) is 0 Å². The highest BCUT2D eigenvalue weighted by molar-refractivity contribution is 7.80. The first-order valence-electron chi connectivity index (χ1n) is 7.19. The molecule has 0 aliphatic carbocycles. The monoisotopic (exact) mass is 326 g/mol. The number of nitrogens with zero attached hydrogens (tertiary/aromatic N) is 1. The Morgan fingerprint density at radius 2 is 1.95 bits per heavy atom. The van der Waals surface area contributed by atoms with E-state index in [-0.39, 0.29) is 5.79 Å². The molecular formula is C15H19ClN2O2S. The van der Waals surface area contributed by atoms with Crippen molar-refractivity contribution in [3.8, 4) is 0 Å². The molecule has 6 heteroatoms. The Kier molecular flexibility index (Phi) is 4.36. The van der Waals surface area contributed by atoms with Crippen molar-refractivity contribution in [2.24, 2.45) is 0 Å². The third kappa shape index (κ3) is 3.16. The molecule has 0 amide bonds. The standard InChI is InChI=1S/C15H19ClN2O2S/c1-11-12(16)3-2-4-13(11)17-14(21)18-7-5-15(6-8-18)19-9-10-20-15/h2-4H,5-10H2,1H3,(H,17,21). The number of anilines is 1. The Morgan fingerprint density at radius 1 is 1.29 bits per heavy atom. The van der Waals surface area contributed by atoms with Gasteiger partial charge < -0.3 is 19.7 Å². The number of rotatable bonds is 1. The zero-order valence-electron chi connectivity index (χ0n) is 12.0. The van der Waals surface area contributed by atoms with Crippen LogP contribution in [0, 0.1) is 6.92 Å². The van der Waals surface area contributed by atoms with E-state index in [4.69, 9.17) is 33.3 Å². The molecule has 2 saturated heterocycles. The number of nitrogens with one attached hydrogen (secondary N) is 1. The summed E-state index contributed by atoms with van der Waals surface area (Å²) in [5.41, 5.74) is 1.97. The van der Waals surface area contributed by atoms with Crippen molar-refractivity contribution in [3.05, 3.63) is 28.8 Å². The fourth-order valence-corrected chi connectivity index (χ4v) is 3.24. The Hall–Kier alpha value is -0.880. The number of halogens is 1. The lowest BCUT2D eigenvalue weighted by Crippen LogP contribution is -2.48. The second-order valence-corrected chi connectivity index (χ2v) is 6.23. The van der Waals surface area contributed by atoms with Crippen molar-refractivity contribution in [3.63, 3.8) is 0 Å². The maximum absolute atomic E-state index is 6.14. The summed E-state index contributed by atoms with van der Waals surface area (Å²) in [7, 11) is 0. The number of hydrogen-bond acceptors (Lipinski definition) is 3. The van der Waals surface area contributed by atoms with Gasteiger partial charge in [0.25, 0.3) is 0 Å². The van der Waals surface area contributed by atoms with Crippen LogP contribution >= 0.6 is 23.8 Å². The fourth-order valence-electron chi connectivity index (χ4n) is 2.77. The van der Waals surface area contributed by atoms with E-state index >= 15 is 0 Å². The van der Waals surface area contributed by atoms with Crippen molar-refractivity contribution in [1.29, 1.82) is 0 Å². The van der Waals surface area contributed by atoms with Gasteiger partial charge in [-0.1, -0.05) is 17.7 Å². The average molecular weight is 327 g/mol. The predicted octanol–water partition coefficient (Wildman–Crippen LogP) is 3.18. The lowest BCUT2D eigenvalue weighted by molar-refractivity contribution is -0.180. The highest BCUT2D eigenvalue weighted by Crippen LogP contribution is 2.31. The molecule has 114 valence electrons. The van der Waals surface area contributed by atoms with Crippen LogP contribution in [0.15, 0.2) is 18.2 Å². The first-order valence-corrected chi connectivity index (χ1v) is 7.97. The number of piperidine rings is 1. The van der Waals surface area contributed by atoms with E-state index in [1.165, 1.54) is 0 Å².